The van der Waals surface area contributed by atoms with Crippen LogP contribution in [0.3, 0.4) is 0 Å². The van der Waals surface area contributed by atoms with Gasteiger partial charge in [0.15, 0.2) is 0 Å². The Labute approximate surface area is 150 Å². The molecule has 4 heteroatoms. The first-order chi connectivity index (χ1) is 11.8. The number of rotatable bonds is 11. The summed E-state index contributed by atoms with van der Waals surface area (Å²) >= 11 is 0. The van der Waals surface area contributed by atoms with E-state index in [9.17, 15) is 0 Å². The molecule has 4 nitrogen and oxygen atoms in total. The summed E-state index contributed by atoms with van der Waals surface area (Å²) in [6.45, 7) is 17.1. The minimum atomic E-state index is 0.904. The van der Waals surface area contributed by atoms with Crippen molar-refractivity contribution in [3.63, 3.8) is 0 Å². The lowest BCUT2D eigenvalue weighted by molar-refractivity contribution is 0.110. The molecule has 2 fully saturated rings. The third kappa shape index (κ3) is 7.81. The van der Waals surface area contributed by atoms with Gasteiger partial charge in [-0.15, -0.1) is 0 Å². The third-order valence-corrected chi connectivity index (χ3v) is 5.76. The van der Waals surface area contributed by atoms with Gasteiger partial charge in [0.25, 0.3) is 0 Å². The zero-order valence-electron chi connectivity index (χ0n) is 16.4. The molecule has 2 rings (SSSR count). The minimum absolute atomic E-state index is 0.904. The van der Waals surface area contributed by atoms with Gasteiger partial charge in [0.1, 0.15) is 0 Å². The van der Waals surface area contributed by atoms with Crippen LogP contribution < -0.4 is 10.6 Å². The molecular weight excluding hydrogens is 296 g/mol. The summed E-state index contributed by atoms with van der Waals surface area (Å²) in [6.07, 6.45) is 8.34. The summed E-state index contributed by atoms with van der Waals surface area (Å²) in [6, 6.07) is 0. The molecule has 0 bridgehead atoms. The van der Waals surface area contributed by atoms with Crippen LogP contribution in [0.15, 0.2) is 0 Å². The van der Waals surface area contributed by atoms with Crippen molar-refractivity contribution in [1.29, 1.82) is 0 Å². The maximum atomic E-state index is 3.48. The highest BCUT2D eigenvalue weighted by molar-refractivity contribution is 4.79. The molecule has 0 aromatic rings. The van der Waals surface area contributed by atoms with Crippen LogP contribution in [-0.4, -0.2) is 75.2 Å². The van der Waals surface area contributed by atoms with Gasteiger partial charge in [-0.1, -0.05) is 20.3 Å². The van der Waals surface area contributed by atoms with Crippen molar-refractivity contribution in [3.05, 3.63) is 0 Å². The molecule has 0 amide bonds. The fourth-order valence-corrected chi connectivity index (χ4v) is 4.52. The molecule has 0 radical (unpaired) electrons. The fraction of sp³-hybridized carbons (Fsp3) is 1.00. The highest BCUT2D eigenvalue weighted by atomic mass is 15.2. The van der Waals surface area contributed by atoms with Crippen molar-refractivity contribution in [3.8, 4) is 0 Å². The van der Waals surface area contributed by atoms with Crippen LogP contribution in [0.2, 0.25) is 0 Å². The first-order valence-corrected chi connectivity index (χ1v) is 10.7. The van der Waals surface area contributed by atoms with Gasteiger partial charge in [-0.2, -0.15) is 0 Å². The number of likely N-dealkylation sites (tertiary alicyclic amines) is 1. The van der Waals surface area contributed by atoms with E-state index < -0.39 is 0 Å². The van der Waals surface area contributed by atoms with Gasteiger partial charge in [0, 0.05) is 45.8 Å². The molecule has 2 aliphatic heterocycles. The van der Waals surface area contributed by atoms with Crippen molar-refractivity contribution in [2.24, 2.45) is 11.8 Å². The molecule has 0 spiro atoms. The van der Waals surface area contributed by atoms with Crippen molar-refractivity contribution in [1.82, 2.24) is 20.4 Å². The quantitative estimate of drug-likeness (QED) is 0.567. The average Bonchev–Trinajstić information content (AvgIpc) is 2.60. The van der Waals surface area contributed by atoms with Crippen molar-refractivity contribution < 1.29 is 0 Å². The third-order valence-electron chi connectivity index (χ3n) is 5.76. The van der Waals surface area contributed by atoms with Crippen LogP contribution in [0, 0.1) is 11.8 Å². The maximum Gasteiger partial charge on any atom is 0.0107 e. The molecule has 0 aromatic carbocycles. The highest BCUT2D eigenvalue weighted by Gasteiger charge is 2.24. The second kappa shape index (κ2) is 12.2. The van der Waals surface area contributed by atoms with Gasteiger partial charge in [-0.3, -0.25) is 0 Å². The average molecular weight is 339 g/mol. The number of nitrogens with one attached hydrogen (secondary N) is 2. The predicted octanol–water partition coefficient (Wildman–Crippen LogP) is 2.41. The maximum absolute atomic E-state index is 3.48. The molecule has 2 N–H and O–H groups in total. The topological polar surface area (TPSA) is 30.5 Å². The van der Waals surface area contributed by atoms with Crippen LogP contribution in [0.1, 0.15) is 52.4 Å². The summed E-state index contributed by atoms with van der Waals surface area (Å²) in [4.78, 5) is 5.48. The van der Waals surface area contributed by atoms with Crippen LogP contribution in [0.4, 0.5) is 0 Å². The Morgan fingerprint density at radius 1 is 1.08 bits per heavy atom. The Balaban J connectivity index is 1.70. The number of hydrogen-bond acceptors (Lipinski definition) is 4. The first-order valence-electron chi connectivity index (χ1n) is 10.7. The molecule has 0 saturated carbocycles. The van der Waals surface area contributed by atoms with E-state index in [0.29, 0.717) is 0 Å². The Hall–Kier alpha value is -0.160. The molecule has 2 saturated heterocycles. The lowest BCUT2D eigenvalue weighted by atomic mass is 9.93. The normalized spacial score (nSPS) is 25.0. The van der Waals surface area contributed by atoms with E-state index in [-0.39, 0.29) is 0 Å². The van der Waals surface area contributed by atoms with Gasteiger partial charge in [-0.25, -0.2) is 0 Å². The van der Waals surface area contributed by atoms with Crippen LogP contribution in [0.25, 0.3) is 0 Å². The number of piperazine rings is 1. The molecule has 142 valence electrons. The second-order valence-electron chi connectivity index (χ2n) is 7.97. The van der Waals surface area contributed by atoms with E-state index in [1.54, 1.807) is 0 Å². The molecule has 0 aliphatic carbocycles. The van der Waals surface area contributed by atoms with Gasteiger partial charge >= 0.3 is 0 Å². The molecular formula is C20H42N4. The Morgan fingerprint density at radius 3 is 2.67 bits per heavy atom. The summed E-state index contributed by atoms with van der Waals surface area (Å²) in [5.74, 6) is 1.81. The molecule has 2 heterocycles. The monoisotopic (exact) mass is 338 g/mol. The Kier molecular flexibility index (Phi) is 10.3. The van der Waals surface area contributed by atoms with Gasteiger partial charge in [-0.05, 0) is 63.6 Å². The summed E-state index contributed by atoms with van der Waals surface area (Å²) < 4.78 is 0. The van der Waals surface area contributed by atoms with Gasteiger partial charge < -0.3 is 20.4 Å². The zero-order valence-corrected chi connectivity index (χ0v) is 16.4. The lowest BCUT2D eigenvalue weighted by Gasteiger charge is -2.38. The largest absolute Gasteiger partial charge is 0.317 e. The van der Waals surface area contributed by atoms with E-state index in [1.165, 1.54) is 97.4 Å². The smallest absolute Gasteiger partial charge is 0.0107 e. The molecule has 24 heavy (non-hydrogen) atoms. The number of piperidine rings is 1. The van der Waals surface area contributed by atoms with E-state index in [4.69, 9.17) is 0 Å². The Morgan fingerprint density at radius 2 is 1.92 bits per heavy atom. The molecule has 0 aromatic heterocycles. The minimum Gasteiger partial charge on any atom is -0.317 e. The molecule has 2 unspecified atom stereocenters. The SMILES string of the molecule is CCCC(CCCNCC)CN1CCCC(CN2CCNCC2)C1. The molecule has 2 aliphatic rings. The fourth-order valence-electron chi connectivity index (χ4n) is 4.52. The van der Waals surface area contributed by atoms with Crippen molar-refractivity contribution >= 4 is 0 Å². The Bertz CT molecular complexity index is 304. The standard InChI is InChI=1S/C20H42N4/c1-3-7-19(8-5-10-21-4-2)16-24-13-6-9-20(18-24)17-23-14-11-22-12-15-23/h19-22H,3-18H2,1-2H3. The lowest BCUT2D eigenvalue weighted by Crippen LogP contribution is -2.48. The first kappa shape index (κ1) is 20.2. The van der Waals surface area contributed by atoms with Crippen LogP contribution >= 0.6 is 0 Å². The zero-order chi connectivity index (χ0) is 17.0. The van der Waals surface area contributed by atoms with E-state index >= 15 is 0 Å². The van der Waals surface area contributed by atoms with Crippen LogP contribution in [-0.2, 0) is 0 Å². The van der Waals surface area contributed by atoms with Gasteiger partial charge in [0.2, 0.25) is 0 Å². The number of nitrogens with zero attached hydrogens (tertiary/aromatic N) is 2. The number of hydrogen-bond donors (Lipinski definition) is 2. The van der Waals surface area contributed by atoms with E-state index in [2.05, 4.69) is 34.3 Å². The second-order valence-corrected chi connectivity index (χ2v) is 7.97. The van der Waals surface area contributed by atoms with E-state index in [1.807, 2.05) is 0 Å². The highest BCUT2D eigenvalue weighted by Crippen LogP contribution is 2.22. The van der Waals surface area contributed by atoms with E-state index in [0.717, 1.165) is 18.4 Å². The molecule has 2 atom stereocenters. The van der Waals surface area contributed by atoms with Gasteiger partial charge in [0.05, 0.1) is 0 Å². The summed E-state index contributed by atoms with van der Waals surface area (Å²) in [5.41, 5.74) is 0. The van der Waals surface area contributed by atoms with Crippen molar-refractivity contribution in [2.45, 2.75) is 52.4 Å². The van der Waals surface area contributed by atoms with Crippen LogP contribution in [0.5, 0.6) is 0 Å². The van der Waals surface area contributed by atoms with Crippen molar-refractivity contribution in [2.75, 3.05) is 65.4 Å². The summed E-state index contributed by atoms with van der Waals surface area (Å²) in [7, 11) is 0. The summed E-state index contributed by atoms with van der Waals surface area (Å²) in [5, 5.41) is 6.95. The predicted molar refractivity (Wildman–Crippen MR) is 105 cm³/mol.